The average Bonchev–Trinajstić information content (AvgIpc) is 3.25. The Morgan fingerprint density at radius 1 is 1.21 bits per heavy atom. The summed E-state index contributed by atoms with van der Waals surface area (Å²) in [6.07, 6.45) is 2.95. The van der Waals surface area contributed by atoms with Crippen LogP contribution in [0.5, 0.6) is 11.5 Å². The standard InChI is InChI=1S/C19H27N5O4S/c1-22-13-20-21-18(22)16-9-24(29(4,25)26)12-19(16)10-23(11-19)8-14-5-6-15(27-2)7-17(14)28-3/h5-7,13,16H,8-12H2,1-4H3. The lowest BCUT2D eigenvalue weighted by Crippen LogP contribution is -2.59. The molecule has 158 valence electrons. The molecule has 0 bridgehead atoms. The molecule has 0 N–H and O–H groups in total. The summed E-state index contributed by atoms with van der Waals surface area (Å²) in [7, 11) is 1.94. The molecule has 2 aliphatic heterocycles. The van der Waals surface area contributed by atoms with E-state index in [0.717, 1.165) is 42.5 Å². The molecule has 1 aromatic heterocycles. The van der Waals surface area contributed by atoms with Crippen molar-refractivity contribution in [2.45, 2.75) is 12.5 Å². The molecule has 2 aliphatic rings. The van der Waals surface area contributed by atoms with Gasteiger partial charge in [0.2, 0.25) is 10.0 Å². The van der Waals surface area contributed by atoms with Crippen molar-refractivity contribution in [1.29, 1.82) is 0 Å². The molecular weight excluding hydrogens is 394 g/mol. The Morgan fingerprint density at radius 3 is 2.55 bits per heavy atom. The van der Waals surface area contributed by atoms with E-state index in [9.17, 15) is 8.42 Å². The van der Waals surface area contributed by atoms with E-state index in [1.807, 2.05) is 29.8 Å². The molecule has 1 unspecified atom stereocenters. The molecule has 0 amide bonds. The van der Waals surface area contributed by atoms with E-state index in [0.29, 0.717) is 13.1 Å². The number of aryl methyl sites for hydroxylation is 1. The fourth-order valence-corrected chi connectivity index (χ4v) is 5.55. The molecule has 1 aromatic carbocycles. The third-order valence-electron chi connectivity index (χ3n) is 6.11. The quantitative estimate of drug-likeness (QED) is 0.678. The van der Waals surface area contributed by atoms with Gasteiger partial charge in [0.1, 0.15) is 23.7 Å². The van der Waals surface area contributed by atoms with Gasteiger partial charge in [0.15, 0.2) is 0 Å². The van der Waals surface area contributed by atoms with E-state index in [2.05, 4.69) is 15.1 Å². The Bertz CT molecular complexity index is 1000. The topological polar surface area (TPSA) is 89.8 Å². The highest BCUT2D eigenvalue weighted by molar-refractivity contribution is 7.88. The second kappa shape index (κ2) is 7.26. The number of benzene rings is 1. The normalized spacial score (nSPS) is 22.0. The number of nitrogens with zero attached hydrogens (tertiary/aromatic N) is 5. The highest BCUT2D eigenvalue weighted by Gasteiger charge is 2.57. The van der Waals surface area contributed by atoms with Crippen LogP contribution in [0.25, 0.3) is 0 Å². The summed E-state index contributed by atoms with van der Waals surface area (Å²) in [6.45, 7) is 3.29. The molecule has 0 aliphatic carbocycles. The lowest BCUT2D eigenvalue weighted by atomic mass is 9.71. The smallest absolute Gasteiger partial charge is 0.211 e. The van der Waals surface area contributed by atoms with Gasteiger partial charge < -0.3 is 14.0 Å². The van der Waals surface area contributed by atoms with Gasteiger partial charge in [0.25, 0.3) is 0 Å². The summed E-state index contributed by atoms with van der Waals surface area (Å²) >= 11 is 0. The summed E-state index contributed by atoms with van der Waals surface area (Å²) in [5, 5.41) is 8.29. The number of ether oxygens (including phenoxy) is 2. The maximum Gasteiger partial charge on any atom is 0.211 e. The Morgan fingerprint density at radius 2 is 1.97 bits per heavy atom. The highest BCUT2D eigenvalue weighted by atomic mass is 32.2. The first-order chi connectivity index (χ1) is 13.8. The molecule has 2 fully saturated rings. The van der Waals surface area contributed by atoms with E-state index in [1.165, 1.54) is 6.26 Å². The van der Waals surface area contributed by atoms with Crippen LogP contribution in [0.2, 0.25) is 0 Å². The highest BCUT2D eigenvalue weighted by Crippen LogP contribution is 2.49. The van der Waals surface area contributed by atoms with E-state index in [4.69, 9.17) is 9.47 Å². The number of likely N-dealkylation sites (tertiary alicyclic amines) is 1. The summed E-state index contributed by atoms with van der Waals surface area (Å²) in [6, 6.07) is 5.82. The van der Waals surface area contributed by atoms with E-state index in [1.54, 1.807) is 24.9 Å². The maximum atomic E-state index is 12.2. The fraction of sp³-hybridized carbons (Fsp3) is 0.579. The van der Waals surface area contributed by atoms with Crippen LogP contribution in [0.4, 0.5) is 0 Å². The minimum absolute atomic E-state index is 0.0266. The van der Waals surface area contributed by atoms with Gasteiger partial charge in [0.05, 0.1) is 20.5 Å². The minimum Gasteiger partial charge on any atom is -0.497 e. The lowest BCUT2D eigenvalue weighted by Gasteiger charge is -2.51. The molecular formula is C19H27N5O4S. The van der Waals surface area contributed by atoms with Gasteiger partial charge in [-0.1, -0.05) is 6.07 Å². The number of hydrogen-bond donors (Lipinski definition) is 0. The van der Waals surface area contributed by atoms with E-state index in [-0.39, 0.29) is 11.3 Å². The van der Waals surface area contributed by atoms with Gasteiger partial charge >= 0.3 is 0 Å². The van der Waals surface area contributed by atoms with Gasteiger partial charge in [-0.25, -0.2) is 12.7 Å². The Hall–Kier alpha value is -2.17. The zero-order valence-corrected chi connectivity index (χ0v) is 18.0. The molecule has 2 saturated heterocycles. The largest absolute Gasteiger partial charge is 0.497 e. The predicted molar refractivity (Wildman–Crippen MR) is 107 cm³/mol. The Labute approximate surface area is 171 Å². The molecule has 10 heteroatoms. The summed E-state index contributed by atoms with van der Waals surface area (Å²) in [5.74, 6) is 2.42. The Balaban J connectivity index is 1.54. The number of rotatable bonds is 6. The molecule has 2 aromatic rings. The zero-order chi connectivity index (χ0) is 20.8. The van der Waals surface area contributed by atoms with Crippen LogP contribution in [-0.2, 0) is 23.6 Å². The molecule has 0 radical (unpaired) electrons. The molecule has 9 nitrogen and oxygen atoms in total. The first-order valence-corrected chi connectivity index (χ1v) is 11.3. The summed E-state index contributed by atoms with van der Waals surface area (Å²) in [5.41, 5.74) is 0.931. The van der Waals surface area contributed by atoms with Gasteiger partial charge in [-0.05, 0) is 6.07 Å². The van der Waals surface area contributed by atoms with Crippen molar-refractivity contribution in [3.8, 4) is 11.5 Å². The second-order valence-electron chi connectivity index (χ2n) is 8.09. The van der Waals surface area contributed by atoms with E-state index >= 15 is 0 Å². The third-order valence-corrected chi connectivity index (χ3v) is 7.33. The number of hydrogen-bond acceptors (Lipinski definition) is 7. The molecule has 4 rings (SSSR count). The van der Waals surface area contributed by atoms with Crippen LogP contribution in [0, 0.1) is 5.41 Å². The van der Waals surface area contributed by atoms with Crippen molar-refractivity contribution in [3.63, 3.8) is 0 Å². The first kappa shape index (κ1) is 20.1. The van der Waals surface area contributed by atoms with Gasteiger partial charge in [0, 0.05) is 62.7 Å². The third kappa shape index (κ3) is 3.60. The summed E-state index contributed by atoms with van der Waals surface area (Å²) in [4.78, 5) is 2.32. The number of sulfonamides is 1. The molecule has 3 heterocycles. The molecule has 0 saturated carbocycles. The SMILES string of the molecule is COc1ccc(CN2CC3(C2)CN(S(C)(=O)=O)CC3c2nncn2C)c(OC)c1. The fourth-order valence-electron chi connectivity index (χ4n) is 4.64. The van der Waals surface area contributed by atoms with Crippen LogP contribution >= 0.6 is 0 Å². The lowest BCUT2D eigenvalue weighted by molar-refractivity contribution is -0.00832. The van der Waals surface area contributed by atoms with Gasteiger partial charge in [-0.2, -0.15) is 0 Å². The van der Waals surface area contributed by atoms with Crippen molar-refractivity contribution in [2.24, 2.45) is 12.5 Å². The zero-order valence-electron chi connectivity index (χ0n) is 17.2. The predicted octanol–water partition coefficient (Wildman–Crippen LogP) is 0.693. The minimum atomic E-state index is -3.26. The second-order valence-corrected chi connectivity index (χ2v) is 10.1. The number of methoxy groups -OCH3 is 2. The first-order valence-electron chi connectivity index (χ1n) is 9.48. The average molecular weight is 422 g/mol. The molecule has 1 atom stereocenters. The summed E-state index contributed by atoms with van der Waals surface area (Å²) < 4.78 is 38.7. The van der Waals surface area contributed by atoms with E-state index < -0.39 is 10.0 Å². The number of aromatic nitrogens is 3. The van der Waals surface area contributed by atoms with Crippen molar-refractivity contribution >= 4 is 10.0 Å². The van der Waals surface area contributed by atoms with Crippen LogP contribution < -0.4 is 9.47 Å². The van der Waals surface area contributed by atoms with Crippen LogP contribution in [-0.4, -0.2) is 79.0 Å². The van der Waals surface area contributed by atoms with Crippen molar-refractivity contribution < 1.29 is 17.9 Å². The van der Waals surface area contributed by atoms with Crippen LogP contribution in [0.1, 0.15) is 17.3 Å². The molecule has 29 heavy (non-hydrogen) atoms. The van der Waals surface area contributed by atoms with Gasteiger partial charge in [-0.15, -0.1) is 10.2 Å². The van der Waals surface area contributed by atoms with Crippen LogP contribution in [0.3, 0.4) is 0 Å². The van der Waals surface area contributed by atoms with Crippen molar-refractivity contribution in [1.82, 2.24) is 24.0 Å². The molecule has 1 spiro atoms. The van der Waals surface area contributed by atoms with Crippen molar-refractivity contribution in [3.05, 3.63) is 35.9 Å². The Kier molecular flexibility index (Phi) is 5.04. The van der Waals surface area contributed by atoms with Crippen molar-refractivity contribution in [2.75, 3.05) is 46.7 Å². The van der Waals surface area contributed by atoms with Crippen LogP contribution in [0.15, 0.2) is 24.5 Å². The maximum absolute atomic E-state index is 12.2. The monoisotopic (exact) mass is 421 g/mol. The van der Waals surface area contributed by atoms with Gasteiger partial charge in [-0.3, -0.25) is 4.90 Å².